The van der Waals surface area contributed by atoms with Crippen LogP contribution in [0.5, 0.6) is 0 Å². The SMILES string of the molecule is COC(=O)c1cn(-c2ncc(-c3ccc(Cl)cc3)s2)cc2c(=O)n(-c3ccccc3C)nc1-2. The van der Waals surface area contributed by atoms with Crippen molar-refractivity contribution >= 4 is 28.9 Å². The second-order valence-electron chi connectivity index (χ2n) is 7.35. The number of nitrogens with zero attached hydrogens (tertiary/aromatic N) is 4. The van der Waals surface area contributed by atoms with E-state index in [4.69, 9.17) is 16.3 Å². The third-order valence-corrected chi connectivity index (χ3v) is 6.57. The first-order valence-corrected chi connectivity index (χ1v) is 11.2. The maximum Gasteiger partial charge on any atom is 0.341 e. The van der Waals surface area contributed by atoms with E-state index in [0.717, 1.165) is 16.0 Å². The average molecular weight is 477 g/mol. The largest absolute Gasteiger partial charge is 0.465 e. The molecular formula is C24H17ClN4O3S. The van der Waals surface area contributed by atoms with Crippen molar-refractivity contribution in [1.29, 1.82) is 0 Å². The summed E-state index contributed by atoms with van der Waals surface area (Å²) in [6.45, 7) is 1.90. The van der Waals surface area contributed by atoms with Gasteiger partial charge in [-0.3, -0.25) is 9.36 Å². The van der Waals surface area contributed by atoms with Crippen LogP contribution in [0, 0.1) is 6.92 Å². The first-order chi connectivity index (χ1) is 16.0. The number of halogens is 1. The zero-order valence-electron chi connectivity index (χ0n) is 17.7. The van der Waals surface area contributed by atoms with Crippen LogP contribution in [0.2, 0.25) is 5.02 Å². The molecule has 0 spiro atoms. The van der Waals surface area contributed by atoms with Gasteiger partial charge in [-0.15, -0.1) is 0 Å². The summed E-state index contributed by atoms with van der Waals surface area (Å²) in [7, 11) is 1.30. The summed E-state index contributed by atoms with van der Waals surface area (Å²) >= 11 is 7.41. The lowest BCUT2D eigenvalue weighted by Gasteiger charge is -2.09. The van der Waals surface area contributed by atoms with Crippen LogP contribution in [-0.4, -0.2) is 32.4 Å². The zero-order chi connectivity index (χ0) is 23.1. The van der Waals surface area contributed by atoms with Gasteiger partial charge in [-0.1, -0.05) is 53.3 Å². The van der Waals surface area contributed by atoms with E-state index in [1.54, 1.807) is 23.2 Å². The van der Waals surface area contributed by atoms with E-state index in [-0.39, 0.29) is 16.8 Å². The fourth-order valence-corrected chi connectivity index (χ4v) is 4.57. The molecule has 0 N–H and O–H groups in total. The summed E-state index contributed by atoms with van der Waals surface area (Å²) in [5.74, 6) is -0.585. The highest BCUT2D eigenvalue weighted by atomic mass is 35.5. The van der Waals surface area contributed by atoms with E-state index in [1.807, 2.05) is 55.5 Å². The van der Waals surface area contributed by atoms with E-state index >= 15 is 0 Å². The number of aromatic nitrogens is 4. The van der Waals surface area contributed by atoms with Crippen molar-refractivity contribution in [3.05, 3.63) is 93.6 Å². The molecule has 5 rings (SSSR count). The number of hydrogen-bond donors (Lipinski definition) is 0. The molecule has 0 aliphatic carbocycles. The van der Waals surface area contributed by atoms with Crippen molar-refractivity contribution in [2.75, 3.05) is 7.11 Å². The number of aryl methyl sites for hydroxylation is 1. The number of benzene rings is 2. The predicted octanol–water partition coefficient (Wildman–Crippen LogP) is 5.00. The van der Waals surface area contributed by atoms with Gasteiger partial charge in [-0.05, 0) is 36.2 Å². The fraction of sp³-hybridized carbons (Fsp3) is 0.0833. The number of hydrogen-bond acceptors (Lipinski definition) is 6. The summed E-state index contributed by atoms with van der Waals surface area (Å²) in [6, 6.07) is 14.9. The Balaban J connectivity index is 1.68. The zero-order valence-corrected chi connectivity index (χ0v) is 19.2. The summed E-state index contributed by atoms with van der Waals surface area (Å²) < 4.78 is 7.94. The first kappa shape index (κ1) is 21.1. The molecule has 0 radical (unpaired) electrons. The Labute approximate surface area is 197 Å². The Hall–Kier alpha value is -3.75. The molecule has 7 nitrogen and oxygen atoms in total. The highest BCUT2D eigenvalue weighted by Gasteiger charge is 2.26. The van der Waals surface area contributed by atoms with Gasteiger partial charge < -0.3 is 4.74 Å². The van der Waals surface area contributed by atoms with Gasteiger partial charge in [0.1, 0.15) is 11.3 Å². The fourth-order valence-electron chi connectivity index (χ4n) is 3.57. The summed E-state index contributed by atoms with van der Waals surface area (Å²) in [5, 5.41) is 5.71. The smallest absolute Gasteiger partial charge is 0.341 e. The van der Waals surface area contributed by atoms with Crippen LogP contribution in [0.1, 0.15) is 15.9 Å². The van der Waals surface area contributed by atoms with Crippen LogP contribution in [0.3, 0.4) is 0 Å². The topological polar surface area (TPSA) is 79.0 Å². The minimum atomic E-state index is -0.585. The highest BCUT2D eigenvalue weighted by Crippen LogP contribution is 2.31. The monoisotopic (exact) mass is 476 g/mol. The molecule has 0 saturated heterocycles. The average Bonchev–Trinajstić information content (AvgIpc) is 3.44. The lowest BCUT2D eigenvalue weighted by molar-refractivity contribution is 0.0600. The highest BCUT2D eigenvalue weighted by molar-refractivity contribution is 7.17. The molecule has 1 aromatic heterocycles. The molecule has 2 aliphatic heterocycles. The molecule has 33 heavy (non-hydrogen) atoms. The van der Waals surface area contributed by atoms with Gasteiger partial charge in [0.05, 0.1) is 23.2 Å². The van der Waals surface area contributed by atoms with Gasteiger partial charge in [0.25, 0.3) is 5.56 Å². The third kappa shape index (κ3) is 3.73. The minimum Gasteiger partial charge on any atom is -0.465 e. The molecule has 0 fully saturated rings. The van der Waals surface area contributed by atoms with Crippen LogP contribution in [0.4, 0.5) is 0 Å². The molecule has 0 bridgehead atoms. The standard InChI is InChI=1S/C24H17ClN4O3S/c1-14-5-3-4-6-19(14)29-22(30)17-12-28(13-18(21(17)27-29)23(31)32-2)24-26-11-20(33-24)15-7-9-16(25)10-8-15/h3-13H,1-2H3. The Bertz CT molecular complexity index is 1520. The molecule has 0 atom stereocenters. The summed E-state index contributed by atoms with van der Waals surface area (Å²) in [5.41, 5.74) is 2.94. The number of thiazole rings is 1. The number of fused-ring (bicyclic) bond motifs is 1. The Morgan fingerprint density at radius 3 is 2.58 bits per heavy atom. The van der Waals surface area contributed by atoms with Crippen LogP contribution >= 0.6 is 22.9 Å². The number of rotatable bonds is 4. The molecule has 3 aromatic rings. The normalized spacial score (nSPS) is 11.1. The second-order valence-corrected chi connectivity index (χ2v) is 8.80. The Morgan fingerprint density at radius 1 is 1.09 bits per heavy atom. The van der Waals surface area contributed by atoms with Crippen molar-refractivity contribution in [3.8, 4) is 32.5 Å². The van der Waals surface area contributed by atoms with Crippen LogP contribution < -0.4 is 5.56 Å². The van der Waals surface area contributed by atoms with Gasteiger partial charge in [-0.2, -0.15) is 9.78 Å². The molecule has 0 saturated carbocycles. The van der Waals surface area contributed by atoms with Crippen molar-refractivity contribution in [2.24, 2.45) is 0 Å². The molecule has 2 aliphatic rings. The lowest BCUT2D eigenvalue weighted by Crippen LogP contribution is -2.16. The lowest BCUT2D eigenvalue weighted by atomic mass is 10.1. The third-order valence-electron chi connectivity index (χ3n) is 5.26. The first-order valence-electron chi connectivity index (χ1n) is 9.98. The van der Waals surface area contributed by atoms with E-state index in [1.165, 1.54) is 23.1 Å². The van der Waals surface area contributed by atoms with Gasteiger partial charge in [0.2, 0.25) is 0 Å². The second kappa shape index (κ2) is 8.31. The molecule has 164 valence electrons. The van der Waals surface area contributed by atoms with Crippen LogP contribution in [0.25, 0.3) is 32.5 Å². The van der Waals surface area contributed by atoms with E-state index in [2.05, 4.69) is 10.1 Å². The molecule has 9 heteroatoms. The summed E-state index contributed by atoms with van der Waals surface area (Å²) in [4.78, 5) is 31.3. The molecule has 2 aromatic carbocycles. The number of carbonyl (C=O) groups excluding carboxylic acids is 1. The van der Waals surface area contributed by atoms with Crippen LogP contribution in [-0.2, 0) is 4.74 Å². The maximum absolute atomic E-state index is 13.3. The Morgan fingerprint density at radius 2 is 1.85 bits per heavy atom. The summed E-state index contributed by atoms with van der Waals surface area (Å²) in [6.07, 6.45) is 4.98. The van der Waals surface area contributed by atoms with Crippen molar-refractivity contribution in [2.45, 2.75) is 6.92 Å². The quantitative estimate of drug-likeness (QED) is 0.341. The maximum atomic E-state index is 13.3. The molecule has 3 heterocycles. The van der Waals surface area contributed by atoms with Gasteiger partial charge in [0.15, 0.2) is 5.13 Å². The van der Waals surface area contributed by atoms with E-state index in [0.29, 0.717) is 21.4 Å². The molecular weight excluding hydrogens is 460 g/mol. The Kier molecular flexibility index (Phi) is 5.32. The molecule has 0 amide bonds. The van der Waals surface area contributed by atoms with Crippen molar-refractivity contribution in [1.82, 2.24) is 19.3 Å². The van der Waals surface area contributed by atoms with Crippen LogP contribution in [0.15, 0.2) is 71.9 Å². The number of methoxy groups -OCH3 is 1. The van der Waals surface area contributed by atoms with Gasteiger partial charge in [-0.25, -0.2) is 9.78 Å². The minimum absolute atomic E-state index is 0.183. The van der Waals surface area contributed by atoms with E-state index in [9.17, 15) is 9.59 Å². The number of carbonyl (C=O) groups is 1. The number of ether oxygens (including phenoxy) is 1. The van der Waals surface area contributed by atoms with E-state index < -0.39 is 5.97 Å². The molecule has 0 unspecified atom stereocenters. The van der Waals surface area contributed by atoms with Crippen molar-refractivity contribution in [3.63, 3.8) is 0 Å². The number of esters is 1. The predicted molar refractivity (Wildman–Crippen MR) is 128 cm³/mol. The van der Waals surface area contributed by atoms with Gasteiger partial charge >= 0.3 is 5.97 Å². The number of pyridine rings is 1. The van der Waals surface area contributed by atoms with Gasteiger partial charge in [0, 0.05) is 23.6 Å². The number of para-hydroxylation sites is 1. The van der Waals surface area contributed by atoms with Crippen molar-refractivity contribution < 1.29 is 9.53 Å².